The minimum atomic E-state index is -0.263. The summed E-state index contributed by atoms with van der Waals surface area (Å²) < 4.78 is 11.3. The number of piperazine rings is 1. The van der Waals surface area contributed by atoms with Gasteiger partial charge >= 0.3 is 0 Å². The zero-order valence-corrected chi connectivity index (χ0v) is 18.9. The van der Waals surface area contributed by atoms with Crippen molar-refractivity contribution in [3.05, 3.63) is 65.9 Å². The average Bonchev–Trinajstić information content (AvgIpc) is 3.47. The van der Waals surface area contributed by atoms with E-state index in [1.807, 2.05) is 42.5 Å². The molecule has 2 aromatic rings. The summed E-state index contributed by atoms with van der Waals surface area (Å²) in [7, 11) is 1.59. The minimum Gasteiger partial charge on any atom is -0.496 e. The molecular weight excluding hydrogens is 418 g/mol. The first kappa shape index (κ1) is 21.5. The number of para-hydroxylation sites is 2. The van der Waals surface area contributed by atoms with Crippen molar-refractivity contribution in [2.75, 3.05) is 51.3 Å². The molecular formula is C26H29N3O4. The number of ether oxygens (including phenoxy) is 2. The van der Waals surface area contributed by atoms with Crippen molar-refractivity contribution in [3.8, 4) is 5.75 Å². The van der Waals surface area contributed by atoms with Crippen molar-refractivity contribution < 1.29 is 19.1 Å². The highest BCUT2D eigenvalue weighted by molar-refractivity contribution is 6.36. The number of carbonyl (C=O) groups excluding carboxylic acids is 2. The lowest BCUT2D eigenvalue weighted by molar-refractivity contribution is -0.139. The maximum absolute atomic E-state index is 13.6. The van der Waals surface area contributed by atoms with Gasteiger partial charge in [-0.05, 0) is 31.0 Å². The van der Waals surface area contributed by atoms with Crippen LogP contribution in [0.3, 0.4) is 0 Å². The molecule has 1 atom stereocenters. The highest BCUT2D eigenvalue weighted by atomic mass is 16.5. The Hall–Kier alpha value is -3.32. The van der Waals surface area contributed by atoms with Crippen LogP contribution < -0.4 is 9.64 Å². The number of rotatable bonds is 6. The molecule has 3 aliphatic rings. The van der Waals surface area contributed by atoms with Gasteiger partial charge in [-0.15, -0.1) is 0 Å². The van der Waals surface area contributed by atoms with Crippen molar-refractivity contribution >= 4 is 23.1 Å². The summed E-state index contributed by atoms with van der Waals surface area (Å²) in [6, 6.07) is 17.7. The lowest BCUT2D eigenvalue weighted by Crippen LogP contribution is -2.48. The Kier molecular flexibility index (Phi) is 6.05. The average molecular weight is 448 g/mol. The Balaban J connectivity index is 1.46. The highest BCUT2D eigenvalue weighted by Crippen LogP contribution is 2.37. The quantitative estimate of drug-likeness (QED) is 0.635. The topological polar surface area (TPSA) is 62.3 Å². The van der Waals surface area contributed by atoms with Crippen molar-refractivity contribution in [1.29, 1.82) is 0 Å². The Morgan fingerprint density at radius 2 is 1.61 bits per heavy atom. The molecule has 1 unspecified atom stereocenters. The number of carbonyl (C=O) groups is 2. The molecule has 5 rings (SSSR count). The van der Waals surface area contributed by atoms with Gasteiger partial charge in [0.05, 0.1) is 25.3 Å². The Labute approximate surface area is 194 Å². The summed E-state index contributed by atoms with van der Waals surface area (Å²) in [6.45, 7) is 3.86. The lowest BCUT2D eigenvalue weighted by atomic mass is 10.0. The number of nitrogens with zero attached hydrogens (tertiary/aromatic N) is 3. The molecule has 3 aliphatic heterocycles. The molecule has 7 nitrogen and oxygen atoms in total. The van der Waals surface area contributed by atoms with E-state index in [1.165, 1.54) is 10.6 Å². The summed E-state index contributed by atoms with van der Waals surface area (Å²) in [6.07, 6.45) is 1.74. The van der Waals surface area contributed by atoms with Crippen LogP contribution in [-0.2, 0) is 14.3 Å². The zero-order valence-electron chi connectivity index (χ0n) is 18.9. The normalized spacial score (nSPS) is 21.4. The molecule has 0 saturated carbocycles. The maximum Gasteiger partial charge on any atom is 0.277 e. The molecule has 0 radical (unpaired) electrons. The first-order chi connectivity index (χ1) is 16.2. The molecule has 0 aliphatic carbocycles. The molecule has 0 N–H and O–H groups in total. The van der Waals surface area contributed by atoms with E-state index in [4.69, 9.17) is 9.47 Å². The smallest absolute Gasteiger partial charge is 0.277 e. The summed E-state index contributed by atoms with van der Waals surface area (Å²) in [5.41, 5.74) is 2.75. The molecule has 33 heavy (non-hydrogen) atoms. The van der Waals surface area contributed by atoms with Crippen LogP contribution in [0.4, 0.5) is 5.69 Å². The predicted octanol–water partition coefficient (Wildman–Crippen LogP) is 2.78. The van der Waals surface area contributed by atoms with Crippen molar-refractivity contribution in [1.82, 2.24) is 9.80 Å². The minimum absolute atomic E-state index is 0.0916. The number of benzene rings is 2. The fraction of sp³-hybridized carbons (Fsp3) is 0.385. The highest BCUT2D eigenvalue weighted by Gasteiger charge is 2.44. The largest absolute Gasteiger partial charge is 0.496 e. The predicted molar refractivity (Wildman–Crippen MR) is 126 cm³/mol. The zero-order chi connectivity index (χ0) is 22.8. The number of anilines is 1. The Morgan fingerprint density at radius 3 is 2.30 bits per heavy atom. The Bertz CT molecular complexity index is 1050. The van der Waals surface area contributed by atoms with E-state index in [0.29, 0.717) is 48.8 Å². The van der Waals surface area contributed by atoms with E-state index >= 15 is 0 Å². The monoisotopic (exact) mass is 447 g/mol. The van der Waals surface area contributed by atoms with Gasteiger partial charge in [-0.2, -0.15) is 0 Å². The van der Waals surface area contributed by atoms with E-state index in [1.54, 1.807) is 7.11 Å². The summed E-state index contributed by atoms with van der Waals surface area (Å²) in [5, 5.41) is 0. The standard InChI is InChI=1S/C26H29N3O4/c1-32-22-12-6-5-11-21(22)23-24(26(31)29(25(23)30)18-20-10-7-17-33-20)28-15-13-27(14-16-28)19-8-3-2-4-9-19/h2-6,8-9,11-12,20H,7,10,13-18H2,1H3. The van der Waals surface area contributed by atoms with E-state index in [9.17, 15) is 9.59 Å². The summed E-state index contributed by atoms with van der Waals surface area (Å²) >= 11 is 0. The second-order valence-electron chi connectivity index (χ2n) is 8.59. The van der Waals surface area contributed by atoms with Crippen LogP contribution in [0.15, 0.2) is 60.3 Å². The van der Waals surface area contributed by atoms with Crippen LogP contribution in [0.25, 0.3) is 5.57 Å². The number of hydrogen-bond acceptors (Lipinski definition) is 6. The summed E-state index contributed by atoms with van der Waals surface area (Å²) in [4.78, 5) is 33.0. The van der Waals surface area contributed by atoms with E-state index in [-0.39, 0.29) is 17.9 Å². The first-order valence-corrected chi connectivity index (χ1v) is 11.6. The second kappa shape index (κ2) is 9.27. The first-order valence-electron chi connectivity index (χ1n) is 11.6. The lowest BCUT2D eigenvalue weighted by Gasteiger charge is -2.37. The SMILES string of the molecule is COc1ccccc1C1=C(N2CCN(c3ccccc3)CC2)C(=O)N(CC2CCCO2)C1=O. The maximum atomic E-state index is 13.6. The van der Waals surface area contributed by atoms with Gasteiger partial charge < -0.3 is 19.3 Å². The third-order valence-corrected chi connectivity index (χ3v) is 6.65. The van der Waals surface area contributed by atoms with Crippen molar-refractivity contribution in [2.45, 2.75) is 18.9 Å². The molecule has 2 amide bonds. The van der Waals surface area contributed by atoms with E-state index in [2.05, 4.69) is 21.9 Å². The number of methoxy groups -OCH3 is 1. The second-order valence-corrected chi connectivity index (χ2v) is 8.59. The van der Waals surface area contributed by atoms with Gasteiger partial charge in [0, 0.05) is 44.0 Å². The van der Waals surface area contributed by atoms with Crippen LogP contribution in [0.5, 0.6) is 5.75 Å². The van der Waals surface area contributed by atoms with Gasteiger partial charge in [0.2, 0.25) is 0 Å². The van der Waals surface area contributed by atoms with Crippen molar-refractivity contribution in [3.63, 3.8) is 0 Å². The molecule has 7 heteroatoms. The van der Waals surface area contributed by atoms with Crippen LogP contribution in [0, 0.1) is 0 Å². The molecule has 2 fully saturated rings. The number of amides is 2. The number of hydrogen-bond donors (Lipinski definition) is 0. The fourth-order valence-electron chi connectivity index (χ4n) is 4.94. The molecule has 0 spiro atoms. The van der Waals surface area contributed by atoms with E-state index < -0.39 is 0 Å². The van der Waals surface area contributed by atoms with Gasteiger partial charge in [-0.25, -0.2) is 0 Å². The van der Waals surface area contributed by atoms with E-state index in [0.717, 1.165) is 25.9 Å². The van der Waals surface area contributed by atoms with Gasteiger partial charge in [0.25, 0.3) is 11.8 Å². The molecule has 2 aromatic carbocycles. The summed E-state index contributed by atoms with van der Waals surface area (Å²) in [5.74, 6) is 0.0955. The number of imide groups is 1. The van der Waals surface area contributed by atoms with Crippen LogP contribution in [-0.4, -0.2) is 74.2 Å². The molecule has 2 saturated heterocycles. The fourth-order valence-corrected chi connectivity index (χ4v) is 4.94. The third-order valence-electron chi connectivity index (χ3n) is 6.65. The molecule has 0 bridgehead atoms. The molecule has 3 heterocycles. The van der Waals surface area contributed by atoms with Gasteiger partial charge in [-0.3, -0.25) is 14.5 Å². The molecule has 0 aromatic heterocycles. The van der Waals surface area contributed by atoms with Crippen LogP contribution >= 0.6 is 0 Å². The van der Waals surface area contributed by atoms with Crippen molar-refractivity contribution in [2.24, 2.45) is 0 Å². The van der Waals surface area contributed by atoms with Gasteiger partial charge in [0.15, 0.2) is 0 Å². The van der Waals surface area contributed by atoms with Crippen LogP contribution in [0.2, 0.25) is 0 Å². The van der Waals surface area contributed by atoms with Gasteiger partial charge in [-0.1, -0.05) is 36.4 Å². The Morgan fingerprint density at radius 1 is 0.909 bits per heavy atom. The van der Waals surface area contributed by atoms with Gasteiger partial charge in [0.1, 0.15) is 11.4 Å². The third kappa shape index (κ3) is 4.09. The van der Waals surface area contributed by atoms with Crippen LogP contribution in [0.1, 0.15) is 18.4 Å². The molecule has 172 valence electrons.